The molecule has 0 spiro atoms. The summed E-state index contributed by atoms with van der Waals surface area (Å²) in [5, 5.41) is 5.26. The quantitative estimate of drug-likeness (QED) is 0.101. The van der Waals surface area contributed by atoms with Gasteiger partial charge in [-0.1, -0.05) is 60.3 Å². The minimum atomic E-state index is -0.394. The maximum Gasteiger partial charge on any atom is 0.187 e. The zero-order valence-corrected chi connectivity index (χ0v) is 21.7. The molecule has 4 nitrogen and oxygen atoms in total. The third-order valence-corrected chi connectivity index (χ3v) is 8.20. The Labute approximate surface area is 224 Å². The predicted molar refractivity (Wildman–Crippen MR) is 149 cm³/mol. The number of aryl methyl sites for hydroxylation is 1. The standard InChI is InChI=1S/C32H25FN2O2S/c1-38-32-34-17-16-29(35-32)31(37)27-15-14-25-24-11-8-19-4-2-3-5-22(19)23(24)12-13-26(25)28(27)18-30(36)20-6-9-21(33)10-7-20/h2-13,16-17,27-28H,14-15,18H2,1H3. The van der Waals surface area contributed by atoms with Gasteiger partial charge in [-0.05, 0) is 82.1 Å². The topological polar surface area (TPSA) is 59.9 Å². The molecular weight excluding hydrogens is 495 g/mol. The van der Waals surface area contributed by atoms with Crippen molar-refractivity contribution in [3.05, 3.63) is 113 Å². The highest BCUT2D eigenvalue weighted by molar-refractivity contribution is 7.98. The second-order valence-electron chi connectivity index (χ2n) is 9.69. The molecule has 0 N–H and O–H groups in total. The monoisotopic (exact) mass is 520 g/mol. The van der Waals surface area contributed by atoms with Crippen LogP contribution in [0.3, 0.4) is 0 Å². The van der Waals surface area contributed by atoms with Crippen LogP contribution in [-0.2, 0) is 6.42 Å². The fourth-order valence-electron chi connectivity index (χ4n) is 5.80. The van der Waals surface area contributed by atoms with Gasteiger partial charge in [-0.2, -0.15) is 0 Å². The van der Waals surface area contributed by atoms with Crippen molar-refractivity contribution in [1.29, 1.82) is 0 Å². The number of fused-ring (bicyclic) bond motifs is 5. The fraction of sp³-hybridized carbons (Fsp3) is 0.188. The van der Waals surface area contributed by atoms with Crippen LogP contribution < -0.4 is 0 Å². The SMILES string of the molecule is CSc1nccc(C(=O)C2CCc3c(ccc4c3ccc3ccccc34)C2CC(=O)c2ccc(F)cc2)n1. The van der Waals surface area contributed by atoms with Gasteiger partial charge in [0, 0.05) is 30.0 Å². The third-order valence-electron chi connectivity index (χ3n) is 7.64. The molecule has 0 amide bonds. The fourth-order valence-corrected chi connectivity index (χ4v) is 6.15. The van der Waals surface area contributed by atoms with Crippen molar-refractivity contribution in [3.8, 4) is 0 Å². The molecule has 0 bridgehead atoms. The summed E-state index contributed by atoms with van der Waals surface area (Å²) in [5.74, 6) is -1.26. The first kappa shape index (κ1) is 24.4. The van der Waals surface area contributed by atoms with E-state index in [1.807, 2.05) is 18.4 Å². The number of carbonyl (C=O) groups excluding carboxylic acids is 2. The van der Waals surface area contributed by atoms with Crippen molar-refractivity contribution in [3.63, 3.8) is 0 Å². The minimum absolute atomic E-state index is 0.0659. The highest BCUT2D eigenvalue weighted by Crippen LogP contribution is 2.44. The molecule has 6 rings (SSSR count). The summed E-state index contributed by atoms with van der Waals surface area (Å²) in [5.41, 5.74) is 3.06. The molecule has 2 unspecified atom stereocenters. The Kier molecular flexibility index (Phi) is 6.50. The predicted octanol–water partition coefficient (Wildman–Crippen LogP) is 7.45. The number of hydrogen-bond donors (Lipinski definition) is 0. The Morgan fingerprint density at radius 3 is 2.53 bits per heavy atom. The number of nitrogens with zero attached hydrogens (tertiary/aromatic N) is 2. The molecule has 0 aliphatic heterocycles. The number of hydrogen-bond acceptors (Lipinski definition) is 5. The molecule has 6 heteroatoms. The highest BCUT2D eigenvalue weighted by atomic mass is 32.2. The van der Waals surface area contributed by atoms with E-state index >= 15 is 0 Å². The lowest BCUT2D eigenvalue weighted by Gasteiger charge is -2.33. The second kappa shape index (κ2) is 10.1. The number of aromatic nitrogens is 2. The number of halogens is 1. The summed E-state index contributed by atoms with van der Waals surface area (Å²) >= 11 is 1.39. The van der Waals surface area contributed by atoms with Gasteiger partial charge in [-0.15, -0.1) is 0 Å². The van der Waals surface area contributed by atoms with E-state index in [9.17, 15) is 14.0 Å². The van der Waals surface area contributed by atoms with E-state index in [1.165, 1.54) is 57.7 Å². The molecule has 1 aliphatic carbocycles. The van der Waals surface area contributed by atoms with Gasteiger partial charge in [0.25, 0.3) is 0 Å². The molecule has 38 heavy (non-hydrogen) atoms. The molecular formula is C32H25FN2O2S. The lowest BCUT2D eigenvalue weighted by Crippen LogP contribution is -2.30. The van der Waals surface area contributed by atoms with Gasteiger partial charge in [0.15, 0.2) is 16.7 Å². The average molecular weight is 521 g/mol. The zero-order valence-electron chi connectivity index (χ0n) is 20.9. The Bertz CT molecular complexity index is 1700. The van der Waals surface area contributed by atoms with Gasteiger partial charge in [0.05, 0.1) is 0 Å². The summed E-state index contributed by atoms with van der Waals surface area (Å²) in [6, 6.07) is 24.1. The van der Waals surface area contributed by atoms with Crippen LogP contribution in [0.2, 0.25) is 0 Å². The van der Waals surface area contributed by atoms with Crippen molar-refractivity contribution in [2.45, 2.75) is 30.3 Å². The van der Waals surface area contributed by atoms with E-state index < -0.39 is 5.92 Å². The molecule has 1 aliphatic rings. The molecule has 0 fully saturated rings. The van der Waals surface area contributed by atoms with Crippen LogP contribution in [0, 0.1) is 11.7 Å². The molecule has 4 aromatic carbocycles. The van der Waals surface area contributed by atoms with E-state index in [0.29, 0.717) is 22.8 Å². The van der Waals surface area contributed by atoms with Crippen molar-refractivity contribution in [2.24, 2.45) is 5.92 Å². The first-order valence-electron chi connectivity index (χ1n) is 12.7. The minimum Gasteiger partial charge on any atom is -0.294 e. The zero-order chi connectivity index (χ0) is 26.2. The number of benzene rings is 4. The largest absolute Gasteiger partial charge is 0.294 e. The Morgan fingerprint density at radius 1 is 0.921 bits per heavy atom. The van der Waals surface area contributed by atoms with Gasteiger partial charge in [-0.25, -0.2) is 14.4 Å². The Hall–Kier alpha value is -3.90. The number of carbonyl (C=O) groups is 2. The summed E-state index contributed by atoms with van der Waals surface area (Å²) in [7, 11) is 0. The van der Waals surface area contributed by atoms with Crippen LogP contribution in [0.1, 0.15) is 50.7 Å². The van der Waals surface area contributed by atoms with Crippen molar-refractivity contribution in [2.75, 3.05) is 6.26 Å². The van der Waals surface area contributed by atoms with Crippen LogP contribution >= 0.6 is 11.8 Å². The third kappa shape index (κ3) is 4.39. The van der Waals surface area contributed by atoms with Gasteiger partial charge in [0.2, 0.25) is 0 Å². The van der Waals surface area contributed by atoms with Crippen molar-refractivity contribution >= 4 is 44.9 Å². The Morgan fingerprint density at radius 2 is 1.71 bits per heavy atom. The van der Waals surface area contributed by atoms with Crippen LogP contribution in [0.4, 0.5) is 4.39 Å². The van der Waals surface area contributed by atoms with Gasteiger partial charge < -0.3 is 0 Å². The molecule has 1 heterocycles. The van der Waals surface area contributed by atoms with E-state index in [-0.39, 0.29) is 29.7 Å². The molecule has 0 saturated carbocycles. The van der Waals surface area contributed by atoms with E-state index in [1.54, 1.807) is 12.3 Å². The maximum atomic E-state index is 13.8. The summed E-state index contributed by atoms with van der Waals surface area (Å²) in [6.07, 6.45) is 5.01. The molecule has 188 valence electrons. The van der Waals surface area contributed by atoms with Gasteiger partial charge >= 0.3 is 0 Å². The van der Waals surface area contributed by atoms with E-state index in [0.717, 1.165) is 17.4 Å². The van der Waals surface area contributed by atoms with Crippen molar-refractivity contribution in [1.82, 2.24) is 9.97 Å². The van der Waals surface area contributed by atoms with E-state index in [4.69, 9.17) is 0 Å². The summed E-state index contributed by atoms with van der Waals surface area (Å²) < 4.78 is 13.5. The number of thioether (sulfide) groups is 1. The number of rotatable bonds is 6. The van der Waals surface area contributed by atoms with E-state index in [2.05, 4.69) is 46.4 Å². The highest BCUT2D eigenvalue weighted by Gasteiger charge is 2.37. The maximum absolute atomic E-state index is 13.8. The first-order chi connectivity index (χ1) is 18.5. The Balaban J connectivity index is 1.46. The smallest absolute Gasteiger partial charge is 0.187 e. The molecule has 0 radical (unpaired) electrons. The van der Waals surface area contributed by atoms with Crippen molar-refractivity contribution < 1.29 is 14.0 Å². The molecule has 1 aromatic heterocycles. The van der Waals surface area contributed by atoms with Gasteiger partial charge in [-0.3, -0.25) is 9.59 Å². The molecule has 5 aromatic rings. The lowest BCUT2D eigenvalue weighted by atomic mass is 9.69. The average Bonchev–Trinajstić information content (AvgIpc) is 2.96. The van der Waals surface area contributed by atoms with Crippen LogP contribution in [0.15, 0.2) is 90.2 Å². The normalized spacial score (nSPS) is 16.9. The van der Waals surface area contributed by atoms with Gasteiger partial charge in [0.1, 0.15) is 11.5 Å². The summed E-state index contributed by atoms with van der Waals surface area (Å²) in [4.78, 5) is 35.9. The molecule has 2 atom stereocenters. The van der Waals surface area contributed by atoms with Crippen LogP contribution in [0.25, 0.3) is 21.5 Å². The molecule has 0 saturated heterocycles. The van der Waals surface area contributed by atoms with Crippen LogP contribution in [-0.4, -0.2) is 27.8 Å². The number of ketones is 2. The van der Waals surface area contributed by atoms with Crippen LogP contribution in [0.5, 0.6) is 0 Å². The number of Topliss-reactive ketones (excluding diaryl/α,β-unsaturated/α-hetero) is 2. The first-order valence-corrected chi connectivity index (χ1v) is 13.9. The summed E-state index contributed by atoms with van der Waals surface area (Å²) in [6.45, 7) is 0. The second-order valence-corrected chi connectivity index (χ2v) is 10.5. The lowest BCUT2D eigenvalue weighted by molar-refractivity contribution is 0.0856.